The Kier molecular flexibility index (Phi) is 7.84. The molecule has 8 nitrogen and oxygen atoms in total. The maximum atomic E-state index is 14.0. The monoisotopic (exact) mass is 555 g/mol. The summed E-state index contributed by atoms with van der Waals surface area (Å²) in [7, 11) is 3.53. The van der Waals surface area contributed by atoms with Crippen molar-refractivity contribution in [3.05, 3.63) is 60.2 Å². The molecule has 3 heterocycles. The summed E-state index contributed by atoms with van der Waals surface area (Å²) >= 11 is 0. The fraction of sp³-hybridized carbons (Fsp3) is 0.485. The molecule has 3 aliphatic rings. The molecule has 4 amide bonds. The Morgan fingerprint density at radius 3 is 1.90 bits per heavy atom. The summed E-state index contributed by atoms with van der Waals surface area (Å²) in [5, 5.41) is 4.23. The van der Waals surface area contributed by atoms with Crippen molar-refractivity contribution in [3.8, 4) is 0 Å². The van der Waals surface area contributed by atoms with Gasteiger partial charge in [0.05, 0.1) is 11.5 Å². The van der Waals surface area contributed by atoms with E-state index in [-0.39, 0.29) is 23.8 Å². The van der Waals surface area contributed by atoms with Crippen LogP contribution in [0.15, 0.2) is 54.6 Å². The van der Waals surface area contributed by atoms with Crippen LogP contribution >= 0.6 is 0 Å². The van der Waals surface area contributed by atoms with E-state index in [0.29, 0.717) is 32.2 Å². The van der Waals surface area contributed by atoms with E-state index in [0.717, 1.165) is 79.0 Å². The fourth-order valence-corrected chi connectivity index (χ4v) is 7.04. The van der Waals surface area contributed by atoms with E-state index in [1.54, 1.807) is 19.0 Å². The van der Waals surface area contributed by atoms with Crippen LogP contribution in [0.3, 0.4) is 0 Å². The number of rotatable bonds is 3. The number of urea groups is 1. The standard InChI is InChI=1S/C33H41N5O3/c1-34(2)33(41)37-20-18-36(19-21-37)31(39)26-10-7-15-38(23-26)27-13-16-35(17-14-27)32(40)30-28-11-5-3-8-24(28)22-25-9-4-6-12-29(25)30/h3-6,8-9,11-12,22,26-27H,7,10,13-21,23H2,1-2H3/t26-/m1/s1. The summed E-state index contributed by atoms with van der Waals surface area (Å²) in [5.41, 5.74) is 0.813. The maximum absolute atomic E-state index is 14.0. The van der Waals surface area contributed by atoms with Crippen LogP contribution in [0.4, 0.5) is 4.79 Å². The predicted octanol–water partition coefficient (Wildman–Crippen LogP) is 4.14. The van der Waals surface area contributed by atoms with Gasteiger partial charge in [0.2, 0.25) is 5.91 Å². The molecule has 0 radical (unpaired) electrons. The summed E-state index contributed by atoms with van der Waals surface area (Å²) in [6.07, 6.45) is 3.82. The van der Waals surface area contributed by atoms with Crippen LogP contribution < -0.4 is 0 Å². The topological polar surface area (TPSA) is 67.4 Å². The minimum absolute atomic E-state index is 0.0133. The first-order chi connectivity index (χ1) is 19.9. The number of nitrogens with zero attached hydrogens (tertiary/aromatic N) is 5. The summed E-state index contributed by atoms with van der Waals surface area (Å²) in [6, 6.07) is 19.0. The van der Waals surface area contributed by atoms with Crippen LogP contribution in [0.1, 0.15) is 36.0 Å². The highest BCUT2D eigenvalue weighted by Gasteiger charge is 2.36. The molecule has 3 aliphatic heterocycles. The second kappa shape index (κ2) is 11.7. The van der Waals surface area contributed by atoms with Gasteiger partial charge in [-0.2, -0.15) is 0 Å². The van der Waals surface area contributed by atoms with E-state index in [1.165, 1.54) is 0 Å². The number of carbonyl (C=O) groups excluding carboxylic acids is 3. The van der Waals surface area contributed by atoms with Crippen molar-refractivity contribution in [2.75, 3.05) is 66.5 Å². The molecule has 216 valence electrons. The largest absolute Gasteiger partial charge is 0.339 e. The molecule has 41 heavy (non-hydrogen) atoms. The van der Waals surface area contributed by atoms with Crippen molar-refractivity contribution >= 4 is 39.4 Å². The molecule has 6 rings (SSSR count). The van der Waals surface area contributed by atoms with Crippen molar-refractivity contribution < 1.29 is 14.4 Å². The maximum Gasteiger partial charge on any atom is 0.319 e. The highest BCUT2D eigenvalue weighted by atomic mass is 16.2. The van der Waals surface area contributed by atoms with Gasteiger partial charge in [0.25, 0.3) is 5.91 Å². The molecule has 0 saturated carbocycles. The van der Waals surface area contributed by atoms with Crippen LogP contribution in [0.25, 0.3) is 21.5 Å². The molecule has 0 spiro atoms. The van der Waals surface area contributed by atoms with Gasteiger partial charge in [-0.05, 0) is 59.8 Å². The van der Waals surface area contributed by atoms with Crippen LogP contribution in [0, 0.1) is 5.92 Å². The van der Waals surface area contributed by atoms with Gasteiger partial charge in [0.1, 0.15) is 0 Å². The van der Waals surface area contributed by atoms with Crippen LogP contribution in [-0.4, -0.2) is 115 Å². The molecule has 0 N–H and O–H groups in total. The summed E-state index contributed by atoms with van der Waals surface area (Å²) < 4.78 is 0. The molecular formula is C33H41N5O3. The van der Waals surface area contributed by atoms with Crippen LogP contribution in [0.5, 0.6) is 0 Å². The first-order valence-electron chi connectivity index (χ1n) is 15.1. The second-order valence-electron chi connectivity index (χ2n) is 12.0. The van der Waals surface area contributed by atoms with Gasteiger partial charge in [-0.15, -0.1) is 0 Å². The lowest BCUT2D eigenvalue weighted by Gasteiger charge is -2.43. The first kappa shape index (κ1) is 27.5. The lowest BCUT2D eigenvalue weighted by molar-refractivity contribution is -0.139. The van der Waals surface area contributed by atoms with Gasteiger partial charge in [-0.1, -0.05) is 48.5 Å². The van der Waals surface area contributed by atoms with Crippen LogP contribution in [-0.2, 0) is 4.79 Å². The van der Waals surface area contributed by atoms with Gasteiger partial charge < -0.3 is 19.6 Å². The van der Waals surface area contributed by atoms with Crippen molar-refractivity contribution in [2.45, 2.75) is 31.7 Å². The van der Waals surface area contributed by atoms with E-state index < -0.39 is 0 Å². The zero-order chi connectivity index (χ0) is 28.5. The predicted molar refractivity (Wildman–Crippen MR) is 162 cm³/mol. The fourth-order valence-electron chi connectivity index (χ4n) is 7.04. The summed E-state index contributed by atoms with van der Waals surface area (Å²) in [5.74, 6) is 0.374. The number of likely N-dealkylation sites (tertiary alicyclic amines) is 2. The molecule has 0 aromatic heterocycles. The highest BCUT2D eigenvalue weighted by Crippen LogP contribution is 2.31. The lowest BCUT2D eigenvalue weighted by Crippen LogP contribution is -2.56. The Bertz CT molecular complexity index is 1390. The molecule has 8 heteroatoms. The molecule has 3 fully saturated rings. The SMILES string of the molecule is CN(C)C(=O)N1CCN(C(=O)[C@@H]2CCCN(C3CCN(C(=O)c4c5ccccc5cc5ccccc45)CC3)C2)CC1. The van der Waals surface area contributed by atoms with E-state index in [4.69, 9.17) is 0 Å². The van der Waals surface area contributed by atoms with Crippen LogP contribution in [0.2, 0.25) is 0 Å². The highest BCUT2D eigenvalue weighted by molar-refractivity contribution is 6.18. The number of amides is 4. The quantitative estimate of drug-likeness (QED) is 0.456. The van der Waals surface area contributed by atoms with E-state index in [9.17, 15) is 14.4 Å². The normalized spacial score (nSPS) is 20.9. The average Bonchev–Trinajstić information content (AvgIpc) is 3.02. The molecule has 0 bridgehead atoms. The number of piperidine rings is 2. The lowest BCUT2D eigenvalue weighted by atomic mass is 9.92. The third kappa shape index (κ3) is 5.49. The molecule has 3 aromatic carbocycles. The van der Waals surface area contributed by atoms with Crippen molar-refractivity contribution in [1.29, 1.82) is 0 Å². The number of benzene rings is 3. The summed E-state index contributed by atoms with van der Waals surface area (Å²) in [6.45, 7) is 5.69. The molecule has 3 saturated heterocycles. The number of carbonyl (C=O) groups is 3. The smallest absolute Gasteiger partial charge is 0.319 e. The summed E-state index contributed by atoms with van der Waals surface area (Å²) in [4.78, 5) is 49.6. The minimum atomic E-state index is 0.0133. The van der Waals surface area contributed by atoms with Crippen molar-refractivity contribution in [2.24, 2.45) is 5.92 Å². The Hall–Kier alpha value is -3.65. The number of hydrogen-bond acceptors (Lipinski definition) is 4. The molecule has 0 aliphatic carbocycles. The second-order valence-corrected chi connectivity index (χ2v) is 12.0. The number of piperazine rings is 1. The third-order valence-corrected chi connectivity index (χ3v) is 9.30. The van der Waals surface area contributed by atoms with E-state index in [2.05, 4.69) is 35.2 Å². The Morgan fingerprint density at radius 1 is 0.707 bits per heavy atom. The minimum Gasteiger partial charge on any atom is -0.339 e. The van der Waals surface area contributed by atoms with E-state index in [1.807, 2.05) is 39.0 Å². The molecule has 1 atom stereocenters. The first-order valence-corrected chi connectivity index (χ1v) is 15.1. The average molecular weight is 556 g/mol. The van der Waals surface area contributed by atoms with Crippen molar-refractivity contribution in [1.82, 2.24) is 24.5 Å². The Morgan fingerprint density at radius 2 is 1.29 bits per heavy atom. The van der Waals surface area contributed by atoms with Crippen molar-refractivity contribution in [3.63, 3.8) is 0 Å². The molecule has 3 aromatic rings. The van der Waals surface area contributed by atoms with Gasteiger partial charge >= 0.3 is 6.03 Å². The Labute approximate surface area is 242 Å². The zero-order valence-electron chi connectivity index (χ0n) is 24.3. The van der Waals surface area contributed by atoms with Gasteiger partial charge in [-0.3, -0.25) is 14.5 Å². The number of fused-ring (bicyclic) bond motifs is 2. The molecule has 0 unspecified atom stereocenters. The zero-order valence-corrected chi connectivity index (χ0v) is 24.3. The van der Waals surface area contributed by atoms with Gasteiger partial charge in [0.15, 0.2) is 0 Å². The van der Waals surface area contributed by atoms with Gasteiger partial charge in [-0.25, -0.2) is 4.79 Å². The Balaban J connectivity index is 1.08. The number of hydrogen-bond donors (Lipinski definition) is 0. The third-order valence-electron chi connectivity index (χ3n) is 9.30. The molecular weight excluding hydrogens is 514 g/mol. The van der Waals surface area contributed by atoms with E-state index >= 15 is 0 Å². The van der Waals surface area contributed by atoms with Gasteiger partial charge in [0, 0.05) is 66.0 Å².